The molecule has 0 atom stereocenters. The van der Waals surface area contributed by atoms with Gasteiger partial charge in [-0.25, -0.2) is 0 Å². The Labute approximate surface area is 153 Å². The van der Waals surface area contributed by atoms with Crippen LogP contribution in [0.4, 0.5) is 0 Å². The average Bonchev–Trinajstić information content (AvgIpc) is 3.38. The van der Waals surface area contributed by atoms with Crippen molar-refractivity contribution in [1.29, 1.82) is 0 Å². The van der Waals surface area contributed by atoms with Crippen molar-refractivity contribution in [2.45, 2.75) is 58.9 Å². The highest BCUT2D eigenvalue weighted by Gasteiger charge is 2.25. The number of piperazine rings is 1. The maximum absolute atomic E-state index is 11.9. The maximum atomic E-state index is 11.9. The lowest BCUT2D eigenvalue weighted by Crippen LogP contribution is -2.54. The second-order valence-electron chi connectivity index (χ2n) is 7.73. The van der Waals surface area contributed by atoms with Gasteiger partial charge in [-0.15, -0.1) is 0 Å². The van der Waals surface area contributed by atoms with Crippen molar-refractivity contribution in [1.82, 2.24) is 20.4 Å². The largest absolute Gasteiger partial charge is 0.357 e. The van der Waals surface area contributed by atoms with E-state index in [0.29, 0.717) is 12.6 Å². The lowest BCUT2D eigenvalue weighted by molar-refractivity contribution is -0.122. The molecular formula is C19H37N5O. The maximum Gasteiger partial charge on any atom is 0.234 e. The van der Waals surface area contributed by atoms with Crippen molar-refractivity contribution in [2.24, 2.45) is 10.9 Å². The Morgan fingerprint density at radius 1 is 1.16 bits per heavy atom. The minimum Gasteiger partial charge on any atom is -0.357 e. The van der Waals surface area contributed by atoms with Crippen LogP contribution in [0.5, 0.6) is 0 Å². The Balaban J connectivity index is 1.69. The standard InChI is InChI=1S/C19H37N5O/c1-4-20-19(21-10-6-5-7-16(2)3)24-13-11-23(12-14-24)15-18(25)22-17-8-9-17/h16-17H,4-15H2,1-3H3,(H,20,21)(H,22,25). The zero-order valence-corrected chi connectivity index (χ0v) is 16.4. The molecule has 0 bridgehead atoms. The van der Waals surface area contributed by atoms with E-state index in [1.165, 1.54) is 12.8 Å². The molecule has 25 heavy (non-hydrogen) atoms. The first kappa shape index (κ1) is 20.0. The van der Waals surface area contributed by atoms with Crippen LogP contribution in [0.2, 0.25) is 0 Å². The van der Waals surface area contributed by atoms with Crippen LogP contribution < -0.4 is 10.6 Å². The summed E-state index contributed by atoms with van der Waals surface area (Å²) in [5, 5.41) is 6.49. The Bertz CT molecular complexity index is 426. The van der Waals surface area contributed by atoms with Crippen LogP contribution in [0.25, 0.3) is 0 Å². The Hall–Kier alpha value is -1.30. The second kappa shape index (κ2) is 10.6. The number of guanidine groups is 1. The van der Waals surface area contributed by atoms with E-state index in [-0.39, 0.29) is 5.91 Å². The molecule has 2 N–H and O–H groups in total. The molecule has 1 amide bonds. The fourth-order valence-electron chi connectivity index (χ4n) is 3.10. The third kappa shape index (κ3) is 8.08. The molecule has 6 nitrogen and oxygen atoms in total. The Morgan fingerprint density at radius 3 is 2.48 bits per heavy atom. The normalized spacial score (nSPS) is 19.4. The van der Waals surface area contributed by atoms with Crippen molar-refractivity contribution in [3.63, 3.8) is 0 Å². The van der Waals surface area contributed by atoms with Crippen molar-refractivity contribution in [3.8, 4) is 0 Å². The average molecular weight is 352 g/mol. The van der Waals surface area contributed by atoms with Crippen LogP contribution in [-0.4, -0.2) is 73.5 Å². The molecule has 2 aliphatic rings. The molecule has 6 heteroatoms. The number of rotatable bonds is 9. The minimum absolute atomic E-state index is 0.182. The van der Waals surface area contributed by atoms with E-state index in [2.05, 4.69) is 41.2 Å². The smallest absolute Gasteiger partial charge is 0.234 e. The first-order valence-electron chi connectivity index (χ1n) is 10.1. The van der Waals surface area contributed by atoms with E-state index in [4.69, 9.17) is 4.99 Å². The monoisotopic (exact) mass is 351 g/mol. The third-order valence-electron chi connectivity index (χ3n) is 4.77. The van der Waals surface area contributed by atoms with Gasteiger partial charge in [0.15, 0.2) is 5.96 Å². The Kier molecular flexibility index (Phi) is 8.52. The number of unbranched alkanes of at least 4 members (excludes halogenated alkanes) is 1. The van der Waals surface area contributed by atoms with Crippen molar-refractivity contribution >= 4 is 11.9 Å². The van der Waals surface area contributed by atoms with E-state index in [0.717, 1.165) is 70.4 Å². The molecular weight excluding hydrogens is 314 g/mol. The van der Waals surface area contributed by atoms with Gasteiger partial charge in [0, 0.05) is 45.3 Å². The van der Waals surface area contributed by atoms with E-state index in [1.807, 2.05) is 0 Å². The number of amides is 1. The zero-order valence-electron chi connectivity index (χ0n) is 16.4. The molecule has 2 rings (SSSR count). The van der Waals surface area contributed by atoms with Gasteiger partial charge in [-0.2, -0.15) is 0 Å². The van der Waals surface area contributed by atoms with E-state index >= 15 is 0 Å². The summed E-state index contributed by atoms with van der Waals surface area (Å²) in [5.41, 5.74) is 0. The highest BCUT2D eigenvalue weighted by molar-refractivity contribution is 5.80. The van der Waals surface area contributed by atoms with E-state index in [1.54, 1.807) is 0 Å². The number of hydrogen-bond donors (Lipinski definition) is 2. The molecule has 0 radical (unpaired) electrons. The van der Waals surface area contributed by atoms with Crippen LogP contribution in [0.15, 0.2) is 4.99 Å². The van der Waals surface area contributed by atoms with Gasteiger partial charge in [-0.1, -0.05) is 26.7 Å². The summed E-state index contributed by atoms with van der Waals surface area (Å²) in [6.07, 6.45) is 6.00. The number of aliphatic imine (C=N–C) groups is 1. The van der Waals surface area contributed by atoms with Crippen molar-refractivity contribution < 1.29 is 4.79 Å². The topological polar surface area (TPSA) is 60.0 Å². The predicted octanol–water partition coefficient (Wildman–Crippen LogP) is 1.67. The molecule has 0 unspecified atom stereocenters. The van der Waals surface area contributed by atoms with Crippen LogP contribution in [0, 0.1) is 5.92 Å². The summed E-state index contributed by atoms with van der Waals surface area (Å²) in [6, 6.07) is 0.456. The highest BCUT2D eigenvalue weighted by atomic mass is 16.2. The first-order valence-corrected chi connectivity index (χ1v) is 10.1. The minimum atomic E-state index is 0.182. The number of hydrogen-bond acceptors (Lipinski definition) is 3. The molecule has 1 saturated heterocycles. The van der Waals surface area contributed by atoms with Crippen molar-refractivity contribution in [3.05, 3.63) is 0 Å². The molecule has 144 valence electrons. The van der Waals surface area contributed by atoms with Gasteiger partial charge < -0.3 is 15.5 Å². The molecule has 0 spiro atoms. The molecule has 0 aromatic carbocycles. The van der Waals surface area contributed by atoms with Crippen molar-refractivity contribution in [2.75, 3.05) is 45.8 Å². The van der Waals surface area contributed by atoms with Crippen LogP contribution in [-0.2, 0) is 4.79 Å². The molecule has 2 fully saturated rings. The van der Waals surface area contributed by atoms with Gasteiger partial charge in [0.25, 0.3) is 0 Å². The van der Waals surface area contributed by atoms with Gasteiger partial charge >= 0.3 is 0 Å². The Morgan fingerprint density at radius 2 is 1.88 bits per heavy atom. The number of carbonyl (C=O) groups excluding carboxylic acids is 1. The summed E-state index contributed by atoms with van der Waals surface area (Å²) >= 11 is 0. The summed E-state index contributed by atoms with van der Waals surface area (Å²) in [6.45, 7) is 12.7. The summed E-state index contributed by atoms with van der Waals surface area (Å²) in [4.78, 5) is 21.3. The number of nitrogens with one attached hydrogen (secondary N) is 2. The van der Waals surface area contributed by atoms with Gasteiger partial charge in [-0.3, -0.25) is 14.7 Å². The fraction of sp³-hybridized carbons (Fsp3) is 0.895. The lowest BCUT2D eigenvalue weighted by Gasteiger charge is -2.36. The fourth-order valence-corrected chi connectivity index (χ4v) is 3.10. The van der Waals surface area contributed by atoms with Crippen LogP contribution in [0.3, 0.4) is 0 Å². The van der Waals surface area contributed by atoms with Gasteiger partial charge in [-0.05, 0) is 32.1 Å². The van der Waals surface area contributed by atoms with Crippen LogP contribution in [0.1, 0.15) is 52.9 Å². The molecule has 1 heterocycles. The summed E-state index contributed by atoms with van der Waals surface area (Å²) in [7, 11) is 0. The molecule has 0 aromatic rings. The SMILES string of the molecule is CCNC(=NCCCCC(C)C)N1CCN(CC(=O)NC2CC2)CC1. The number of carbonyl (C=O) groups is 1. The number of nitrogens with zero attached hydrogens (tertiary/aromatic N) is 3. The van der Waals surface area contributed by atoms with Gasteiger partial charge in [0.1, 0.15) is 0 Å². The molecule has 1 aliphatic carbocycles. The quantitative estimate of drug-likeness (QED) is 0.377. The lowest BCUT2D eigenvalue weighted by atomic mass is 10.1. The predicted molar refractivity (Wildman–Crippen MR) is 104 cm³/mol. The zero-order chi connectivity index (χ0) is 18.1. The first-order chi connectivity index (χ1) is 12.1. The van der Waals surface area contributed by atoms with E-state index < -0.39 is 0 Å². The van der Waals surface area contributed by atoms with Gasteiger partial charge in [0.05, 0.1) is 6.54 Å². The third-order valence-corrected chi connectivity index (χ3v) is 4.77. The molecule has 1 aliphatic heterocycles. The second-order valence-corrected chi connectivity index (χ2v) is 7.73. The van der Waals surface area contributed by atoms with Crippen LogP contribution >= 0.6 is 0 Å². The highest BCUT2D eigenvalue weighted by Crippen LogP contribution is 2.18. The van der Waals surface area contributed by atoms with E-state index in [9.17, 15) is 4.79 Å². The molecule has 1 saturated carbocycles. The summed E-state index contributed by atoms with van der Waals surface area (Å²) < 4.78 is 0. The molecule has 0 aromatic heterocycles. The van der Waals surface area contributed by atoms with Gasteiger partial charge in [0.2, 0.25) is 5.91 Å². The summed E-state index contributed by atoms with van der Waals surface area (Å²) in [5.74, 6) is 2.00.